The summed E-state index contributed by atoms with van der Waals surface area (Å²) in [5, 5.41) is 6.41. The van der Waals surface area contributed by atoms with E-state index in [-0.39, 0.29) is 36.8 Å². The molecule has 1 aliphatic rings. The largest absolute Gasteiger partial charge is 0.348 e. The van der Waals surface area contributed by atoms with Crippen LogP contribution in [0.1, 0.15) is 28.8 Å². The van der Waals surface area contributed by atoms with Crippen LogP contribution in [-0.2, 0) is 6.54 Å². The van der Waals surface area contributed by atoms with Crippen molar-refractivity contribution < 1.29 is 4.79 Å². The Balaban J connectivity index is 0.00000200. The third-order valence-corrected chi connectivity index (χ3v) is 3.32. The first-order valence-electron chi connectivity index (χ1n) is 6.90. The Hall–Kier alpha value is -0.810. The lowest BCUT2D eigenvalue weighted by Gasteiger charge is -2.23. The minimum Gasteiger partial charge on any atom is -0.348 e. The molecular weight excluding hydrogens is 309 g/mol. The highest BCUT2D eigenvalue weighted by atomic mass is 35.5. The van der Waals surface area contributed by atoms with E-state index < -0.39 is 0 Å². The molecule has 1 fully saturated rings. The van der Waals surface area contributed by atoms with Crippen molar-refractivity contribution in [2.45, 2.75) is 25.4 Å². The summed E-state index contributed by atoms with van der Waals surface area (Å²) in [4.78, 5) is 14.3. The van der Waals surface area contributed by atoms with Crippen LogP contribution in [0.3, 0.4) is 0 Å². The van der Waals surface area contributed by atoms with Crippen LogP contribution in [-0.4, -0.2) is 44.0 Å². The van der Waals surface area contributed by atoms with Gasteiger partial charge in [-0.05, 0) is 51.2 Å². The third kappa shape index (κ3) is 6.66. The van der Waals surface area contributed by atoms with Gasteiger partial charge in [0.25, 0.3) is 5.91 Å². The molecule has 2 rings (SSSR count). The lowest BCUT2D eigenvalue weighted by molar-refractivity contribution is 0.0930. The van der Waals surface area contributed by atoms with Crippen LogP contribution in [0.2, 0.25) is 0 Å². The monoisotopic (exact) mass is 333 g/mol. The second-order valence-corrected chi connectivity index (χ2v) is 5.45. The lowest BCUT2D eigenvalue weighted by atomic mass is 10.1. The van der Waals surface area contributed by atoms with Crippen molar-refractivity contribution in [3.63, 3.8) is 0 Å². The van der Waals surface area contributed by atoms with Gasteiger partial charge in [0.05, 0.1) is 0 Å². The highest BCUT2D eigenvalue weighted by Gasteiger charge is 2.16. The number of carbonyl (C=O) groups excluding carboxylic acids is 1. The standard InChI is InChI=1S/C15H23N3O.2ClH/c1-18(2)11-12-5-3-6-13(9-12)15(19)17-14-7-4-8-16-10-14;;/h3,5-6,9,14,16H,4,7-8,10-11H2,1-2H3,(H,17,19);2*1H. The topological polar surface area (TPSA) is 44.4 Å². The number of piperidine rings is 1. The van der Waals surface area contributed by atoms with E-state index in [1.54, 1.807) is 0 Å². The van der Waals surface area contributed by atoms with Gasteiger partial charge in [0, 0.05) is 24.7 Å². The van der Waals surface area contributed by atoms with Crippen LogP contribution >= 0.6 is 24.8 Å². The number of nitrogens with zero attached hydrogens (tertiary/aromatic N) is 1. The minimum absolute atomic E-state index is 0. The van der Waals surface area contributed by atoms with Gasteiger partial charge in [0.1, 0.15) is 0 Å². The minimum atomic E-state index is 0. The van der Waals surface area contributed by atoms with Gasteiger partial charge in [-0.15, -0.1) is 24.8 Å². The zero-order valence-electron chi connectivity index (χ0n) is 12.6. The highest BCUT2D eigenvalue weighted by Crippen LogP contribution is 2.09. The Bertz CT molecular complexity index is 435. The number of amides is 1. The van der Waals surface area contributed by atoms with E-state index in [1.165, 1.54) is 5.56 Å². The van der Waals surface area contributed by atoms with Crippen molar-refractivity contribution >= 4 is 30.7 Å². The molecule has 1 aliphatic heterocycles. The van der Waals surface area contributed by atoms with Gasteiger partial charge < -0.3 is 15.5 Å². The lowest BCUT2D eigenvalue weighted by Crippen LogP contribution is -2.45. The molecule has 0 aliphatic carbocycles. The van der Waals surface area contributed by atoms with Crippen molar-refractivity contribution in [3.05, 3.63) is 35.4 Å². The number of carbonyl (C=O) groups is 1. The summed E-state index contributed by atoms with van der Waals surface area (Å²) < 4.78 is 0. The molecule has 1 aromatic carbocycles. The molecule has 0 spiro atoms. The molecule has 2 N–H and O–H groups in total. The number of benzene rings is 1. The molecule has 0 aromatic heterocycles. The fourth-order valence-corrected chi connectivity index (χ4v) is 2.42. The van der Waals surface area contributed by atoms with Crippen LogP contribution in [0.25, 0.3) is 0 Å². The Morgan fingerprint density at radius 2 is 2.14 bits per heavy atom. The Labute approximate surface area is 139 Å². The molecule has 120 valence electrons. The van der Waals surface area contributed by atoms with Crippen molar-refractivity contribution in [2.24, 2.45) is 0 Å². The first-order chi connectivity index (χ1) is 9.15. The van der Waals surface area contributed by atoms with Crippen LogP contribution in [0.15, 0.2) is 24.3 Å². The van der Waals surface area contributed by atoms with Gasteiger partial charge in [-0.3, -0.25) is 4.79 Å². The first-order valence-corrected chi connectivity index (χ1v) is 6.90. The molecule has 21 heavy (non-hydrogen) atoms. The number of hydrogen-bond acceptors (Lipinski definition) is 3. The van der Waals surface area contributed by atoms with Gasteiger partial charge in [-0.2, -0.15) is 0 Å². The molecule has 1 saturated heterocycles. The van der Waals surface area contributed by atoms with E-state index >= 15 is 0 Å². The SMILES string of the molecule is CN(C)Cc1cccc(C(=O)NC2CCCNC2)c1.Cl.Cl. The van der Waals surface area contributed by atoms with Crippen molar-refractivity contribution in [1.29, 1.82) is 0 Å². The van der Waals surface area contributed by atoms with Gasteiger partial charge in [-0.25, -0.2) is 0 Å². The van der Waals surface area contributed by atoms with Crippen molar-refractivity contribution in [3.8, 4) is 0 Å². The van der Waals surface area contributed by atoms with E-state index in [1.807, 2.05) is 32.3 Å². The Morgan fingerprint density at radius 3 is 2.76 bits per heavy atom. The predicted molar refractivity (Wildman–Crippen MR) is 91.7 cm³/mol. The Kier molecular flexibility index (Phi) is 9.62. The quantitative estimate of drug-likeness (QED) is 0.886. The van der Waals surface area contributed by atoms with Gasteiger partial charge in [0.15, 0.2) is 0 Å². The maximum atomic E-state index is 12.2. The number of hydrogen-bond donors (Lipinski definition) is 2. The fourth-order valence-electron chi connectivity index (χ4n) is 2.42. The molecule has 1 amide bonds. The van der Waals surface area contributed by atoms with E-state index in [2.05, 4.69) is 21.6 Å². The predicted octanol–water partition coefficient (Wildman–Crippen LogP) is 2.07. The normalized spacial score (nSPS) is 17.6. The second-order valence-electron chi connectivity index (χ2n) is 5.45. The molecular formula is C15H25Cl2N3O. The van der Waals surface area contributed by atoms with Gasteiger partial charge in [-0.1, -0.05) is 12.1 Å². The zero-order chi connectivity index (χ0) is 13.7. The molecule has 0 radical (unpaired) electrons. The van der Waals surface area contributed by atoms with Crippen molar-refractivity contribution in [2.75, 3.05) is 27.2 Å². The highest BCUT2D eigenvalue weighted by molar-refractivity contribution is 5.94. The average molecular weight is 334 g/mol. The van der Waals surface area contributed by atoms with Crippen LogP contribution < -0.4 is 10.6 Å². The Morgan fingerprint density at radius 1 is 1.38 bits per heavy atom. The molecule has 0 bridgehead atoms. The molecule has 1 unspecified atom stereocenters. The number of halogens is 2. The third-order valence-electron chi connectivity index (χ3n) is 3.32. The van der Waals surface area contributed by atoms with Gasteiger partial charge >= 0.3 is 0 Å². The molecule has 1 heterocycles. The molecule has 0 saturated carbocycles. The summed E-state index contributed by atoms with van der Waals surface area (Å²) in [7, 11) is 4.06. The average Bonchev–Trinajstić information content (AvgIpc) is 2.39. The molecule has 1 atom stereocenters. The van der Waals surface area contributed by atoms with Crippen LogP contribution in [0.5, 0.6) is 0 Å². The molecule has 6 heteroatoms. The smallest absolute Gasteiger partial charge is 0.251 e. The number of rotatable bonds is 4. The first kappa shape index (κ1) is 20.2. The summed E-state index contributed by atoms with van der Waals surface area (Å²) in [6.07, 6.45) is 2.20. The zero-order valence-corrected chi connectivity index (χ0v) is 14.2. The van der Waals surface area contributed by atoms with Crippen LogP contribution in [0, 0.1) is 0 Å². The summed E-state index contributed by atoms with van der Waals surface area (Å²) in [6.45, 7) is 2.79. The maximum Gasteiger partial charge on any atom is 0.251 e. The van der Waals surface area contributed by atoms with Gasteiger partial charge in [0.2, 0.25) is 0 Å². The molecule has 4 nitrogen and oxygen atoms in total. The van der Waals surface area contributed by atoms with Crippen molar-refractivity contribution in [1.82, 2.24) is 15.5 Å². The number of nitrogens with one attached hydrogen (secondary N) is 2. The van der Waals surface area contributed by atoms with E-state index in [9.17, 15) is 4.79 Å². The van der Waals surface area contributed by atoms with Crippen LogP contribution in [0.4, 0.5) is 0 Å². The van der Waals surface area contributed by atoms with E-state index in [4.69, 9.17) is 0 Å². The second kappa shape index (κ2) is 10.0. The van der Waals surface area contributed by atoms with E-state index in [0.29, 0.717) is 0 Å². The van der Waals surface area contributed by atoms with E-state index in [0.717, 1.165) is 38.0 Å². The summed E-state index contributed by atoms with van der Waals surface area (Å²) >= 11 is 0. The fraction of sp³-hybridized carbons (Fsp3) is 0.533. The molecule has 1 aromatic rings. The summed E-state index contributed by atoms with van der Waals surface area (Å²) in [6, 6.07) is 8.13. The maximum absolute atomic E-state index is 12.2. The summed E-state index contributed by atoms with van der Waals surface area (Å²) in [5.74, 6) is 0.0364. The summed E-state index contributed by atoms with van der Waals surface area (Å²) in [5.41, 5.74) is 1.92.